The number of H-pyrrole nitrogens is 1. The first-order valence-electron chi connectivity index (χ1n) is 12.7. The summed E-state index contributed by atoms with van der Waals surface area (Å²) in [6.07, 6.45) is 7.67. The Kier molecular flexibility index (Phi) is 7.34. The average molecular weight is 553 g/mol. The number of carbonyl (C=O) groups is 1. The summed E-state index contributed by atoms with van der Waals surface area (Å²) >= 11 is 4.53. The number of rotatable bonds is 7. The van der Waals surface area contributed by atoms with E-state index in [1.165, 1.54) is 46.8 Å². The van der Waals surface area contributed by atoms with Crippen LogP contribution in [0.2, 0.25) is 0 Å². The number of aromatic nitrogens is 5. The Morgan fingerprint density at radius 2 is 1.81 bits per heavy atom. The number of nitrogens with one attached hydrogen (secondary N) is 1. The van der Waals surface area contributed by atoms with Gasteiger partial charge in [0, 0.05) is 23.7 Å². The van der Waals surface area contributed by atoms with Crippen LogP contribution in [0.1, 0.15) is 48.4 Å². The summed E-state index contributed by atoms with van der Waals surface area (Å²) in [5.41, 5.74) is 2.09. The molecule has 4 aromatic rings. The fourth-order valence-corrected chi connectivity index (χ4v) is 8.00. The van der Waals surface area contributed by atoms with Crippen LogP contribution in [0, 0.1) is 0 Å². The van der Waals surface area contributed by atoms with Gasteiger partial charge in [0.05, 0.1) is 16.9 Å². The molecule has 0 atom stereocenters. The normalized spacial score (nSPS) is 15.7. The van der Waals surface area contributed by atoms with Gasteiger partial charge in [0.1, 0.15) is 10.7 Å². The van der Waals surface area contributed by atoms with Crippen LogP contribution in [0.4, 0.5) is 0 Å². The Balaban J connectivity index is 1.23. The van der Waals surface area contributed by atoms with E-state index in [-0.39, 0.29) is 11.5 Å². The molecule has 1 aromatic carbocycles. The van der Waals surface area contributed by atoms with Crippen LogP contribution < -0.4 is 5.56 Å². The lowest BCUT2D eigenvalue weighted by Gasteiger charge is -2.26. The second kappa shape index (κ2) is 11.0. The predicted octanol–water partition coefficient (Wildman–Crippen LogP) is 4.84. The van der Waals surface area contributed by atoms with Gasteiger partial charge in [-0.3, -0.25) is 14.2 Å². The summed E-state index contributed by atoms with van der Waals surface area (Å²) in [4.78, 5) is 37.6. The molecule has 192 valence electrons. The molecule has 6 rings (SSSR count). The van der Waals surface area contributed by atoms with Gasteiger partial charge >= 0.3 is 0 Å². The van der Waals surface area contributed by atoms with Crippen LogP contribution in [0.15, 0.2) is 45.4 Å². The maximum atomic E-state index is 12.9. The van der Waals surface area contributed by atoms with Crippen molar-refractivity contribution in [2.24, 2.45) is 0 Å². The zero-order chi connectivity index (χ0) is 25.2. The third-order valence-corrected chi connectivity index (χ3v) is 9.86. The summed E-state index contributed by atoms with van der Waals surface area (Å²) in [5, 5.41) is 11.0. The number of para-hydroxylation sites is 1. The number of nitrogens with zero attached hydrogens (tertiary/aromatic N) is 5. The van der Waals surface area contributed by atoms with Crippen molar-refractivity contribution < 1.29 is 4.79 Å². The maximum absolute atomic E-state index is 12.9. The van der Waals surface area contributed by atoms with Gasteiger partial charge in [-0.05, 0) is 62.6 Å². The lowest BCUT2D eigenvalue weighted by Crippen LogP contribution is -2.36. The second-order valence-electron chi connectivity index (χ2n) is 9.35. The average Bonchev–Trinajstić information content (AvgIpc) is 3.52. The van der Waals surface area contributed by atoms with E-state index in [0.717, 1.165) is 66.9 Å². The molecular formula is C26H28N6O2S3. The van der Waals surface area contributed by atoms with Gasteiger partial charge in [-0.15, -0.1) is 21.5 Å². The summed E-state index contributed by atoms with van der Waals surface area (Å²) in [5.74, 6) is 1.73. The molecule has 0 spiro atoms. The van der Waals surface area contributed by atoms with E-state index in [0.29, 0.717) is 21.8 Å². The van der Waals surface area contributed by atoms with E-state index >= 15 is 0 Å². The quantitative estimate of drug-likeness (QED) is 0.259. The minimum atomic E-state index is -0.0519. The molecule has 8 nitrogen and oxygen atoms in total. The number of amides is 1. The SMILES string of the molecule is O=C(CSc1nnc(CSc2nc3sc4c(c3c(=O)[nH]2)CCCC4)n1-c1ccccc1)N1CCCCC1. The first kappa shape index (κ1) is 24.7. The maximum Gasteiger partial charge on any atom is 0.260 e. The Labute approximate surface area is 227 Å². The van der Waals surface area contributed by atoms with Gasteiger partial charge < -0.3 is 9.88 Å². The van der Waals surface area contributed by atoms with Crippen LogP contribution in [-0.4, -0.2) is 54.4 Å². The van der Waals surface area contributed by atoms with Crippen molar-refractivity contribution in [1.82, 2.24) is 29.6 Å². The van der Waals surface area contributed by atoms with Crippen molar-refractivity contribution in [3.05, 3.63) is 57.0 Å². The number of likely N-dealkylation sites (tertiary alicyclic amines) is 1. The van der Waals surface area contributed by atoms with Gasteiger partial charge in [-0.25, -0.2) is 4.98 Å². The summed E-state index contributed by atoms with van der Waals surface area (Å²) in [6, 6.07) is 9.95. The molecule has 0 saturated carbocycles. The zero-order valence-corrected chi connectivity index (χ0v) is 22.9. The smallest absolute Gasteiger partial charge is 0.260 e. The lowest BCUT2D eigenvalue weighted by molar-refractivity contribution is -0.129. The standard InChI is InChI=1S/C26H28N6O2S3/c33-21(31-13-7-2-8-14-31)16-36-26-30-29-20(32(26)17-9-3-1-4-10-17)15-35-25-27-23(34)22-18-11-5-6-12-19(18)37-24(22)28-25/h1,3-4,9-10H,2,5-8,11-16H2,(H,27,28,34). The molecule has 37 heavy (non-hydrogen) atoms. The molecule has 2 aliphatic rings. The number of aromatic amines is 1. The number of hydrogen-bond donors (Lipinski definition) is 1. The second-order valence-corrected chi connectivity index (χ2v) is 12.3. The van der Waals surface area contributed by atoms with E-state index < -0.39 is 0 Å². The number of aryl methyl sites for hydroxylation is 2. The van der Waals surface area contributed by atoms with Crippen molar-refractivity contribution in [1.29, 1.82) is 0 Å². The van der Waals surface area contributed by atoms with Crippen LogP contribution in [-0.2, 0) is 23.4 Å². The molecule has 0 bridgehead atoms. The van der Waals surface area contributed by atoms with Crippen molar-refractivity contribution in [3.63, 3.8) is 0 Å². The molecule has 0 radical (unpaired) electrons. The zero-order valence-electron chi connectivity index (χ0n) is 20.4. The van der Waals surface area contributed by atoms with Crippen molar-refractivity contribution in [2.75, 3.05) is 18.8 Å². The van der Waals surface area contributed by atoms with E-state index in [4.69, 9.17) is 4.98 Å². The van der Waals surface area contributed by atoms with Crippen molar-refractivity contribution in [2.45, 2.75) is 61.0 Å². The van der Waals surface area contributed by atoms with E-state index in [9.17, 15) is 9.59 Å². The summed E-state index contributed by atoms with van der Waals surface area (Å²) in [6.45, 7) is 1.69. The highest BCUT2D eigenvalue weighted by molar-refractivity contribution is 7.99. The molecule has 1 amide bonds. The van der Waals surface area contributed by atoms with E-state index in [1.807, 2.05) is 39.8 Å². The van der Waals surface area contributed by atoms with Crippen LogP contribution in [0.25, 0.3) is 15.9 Å². The van der Waals surface area contributed by atoms with E-state index in [1.54, 1.807) is 11.3 Å². The number of hydrogen-bond acceptors (Lipinski definition) is 8. The molecule has 0 unspecified atom stereocenters. The van der Waals surface area contributed by atoms with Gasteiger partial charge in [-0.1, -0.05) is 41.7 Å². The van der Waals surface area contributed by atoms with Crippen LogP contribution >= 0.6 is 34.9 Å². The molecule has 11 heteroatoms. The van der Waals surface area contributed by atoms with Gasteiger partial charge in [-0.2, -0.15) is 0 Å². The summed E-state index contributed by atoms with van der Waals surface area (Å²) < 4.78 is 2.00. The minimum Gasteiger partial charge on any atom is -0.342 e. The highest BCUT2D eigenvalue weighted by Gasteiger charge is 2.22. The number of fused-ring (bicyclic) bond motifs is 3. The Hall–Kier alpha value is -2.63. The molecular weight excluding hydrogens is 525 g/mol. The number of thiophene rings is 1. The number of benzene rings is 1. The highest BCUT2D eigenvalue weighted by atomic mass is 32.2. The van der Waals surface area contributed by atoms with E-state index in [2.05, 4.69) is 15.2 Å². The molecule has 4 heterocycles. The third kappa shape index (κ3) is 5.21. The monoisotopic (exact) mass is 552 g/mol. The number of thioether (sulfide) groups is 2. The fourth-order valence-electron chi connectivity index (χ4n) is 5.03. The molecule has 1 fully saturated rings. The first-order valence-corrected chi connectivity index (χ1v) is 15.5. The Bertz CT molecular complexity index is 1470. The van der Waals surface area contributed by atoms with Gasteiger partial charge in [0.25, 0.3) is 5.56 Å². The molecule has 3 aromatic heterocycles. The topological polar surface area (TPSA) is 96.8 Å². The van der Waals surface area contributed by atoms with Crippen molar-refractivity contribution in [3.8, 4) is 5.69 Å². The Morgan fingerprint density at radius 3 is 2.65 bits per heavy atom. The fraction of sp³-hybridized carbons (Fsp3) is 0.423. The largest absolute Gasteiger partial charge is 0.342 e. The molecule has 1 saturated heterocycles. The highest BCUT2D eigenvalue weighted by Crippen LogP contribution is 2.34. The van der Waals surface area contributed by atoms with Crippen LogP contribution in [0.3, 0.4) is 0 Å². The third-order valence-electron chi connectivity index (χ3n) is 6.89. The lowest BCUT2D eigenvalue weighted by atomic mass is 9.97. The Morgan fingerprint density at radius 1 is 1.00 bits per heavy atom. The number of carbonyl (C=O) groups excluding carboxylic acids is 1. The predicted molar refractivity (Wildman–Crippen MR) is 149 cm³/mol. The molecule has 1 N–H and O–H groups in total. The number of piperidine rings is 1. The summed E-state index contributed by atoms with van der Waals surface area (Å²) in [7, 11) is 0. The molecule has 1 aliphatic carbocycles. The minimum absolute atomic E-state index is 0.0519. The first-order chi connectivity index (χ1) is 18.2. The molecule has 1 aliphatic heterocycles. The van der Waals surface area contributed by atoms with Gasteiger partial charge in [0.15, 0.2) is 10.3 Å². The van der Waals surface area contributed by atoms with Gasteiger partial charge in [0.2, 0.25) is 5.91 Å². The van der Waals surface area contributed by atoms with Crippen molar-refractivity contribution >= 4 is 51.0 Å². The van der Waals surface area contributed by atoms with Crippen LogP contribution in [0.5, 0.6) is 0 Å².